The molecule has 0 aromatic carbocycles. The molecule has 0 bridgehead atoms. The Hall–Kier alpha value is -0.160. The van der Waals surface area contributed by atoms with Crippen LogP contribution in [-0.4, -0.2) is 51.8 Å². The van der Waals surface area contributed by atoms with E-state index in [2.05, 4.69) is 0 Å². The zero-order valence-corrected chi connectivity index (χ0v) is 12.0. The number of fused-ring (bicyclic) bond motifs is 1. The molecule has 1 aliphatic carbocycles. The van der Waals surface area contributed by atoms with Crippen molar-refractivity contribution in [2.24, 2.45) is 0 Å². The summed E-state index contributed by atoms with van der Waals surface area (Å²) in [5, 5.41) is 0. The molecule has 1 saturated carbocycles. The molecule has 112 valence electrons. The molecule has 0 N–H and O–H groups in total. The highest BCUT2D eigenvalue weighted by Crippen LogP contribution is 2.24. The minimum atomic E-state index is 0.277. The van der Waals surface area contributed by atoms with E-state index in [4.69, 9.17) is 18.9 Å². The molecule has 2 fully saturated rings. The number of hydrogen-bond acceptors (Lipinski definition) is 4. The summed E-state index contributed by atoms with van der Waals surface area (Å²) in [6.07, 6.45) is 8.82. The SMILES string of the molecule is C1CCOCCOCCOC2CCCCC2OCC1. The van der Waals surface area contributed by atoms with Crippen LogP contribution in [0, 0.1) is 0 Å². The number of ether oxygens (including phenoxy) is 4. The van der Waals surface area contributed by atoms with Crippen molar-refractivity contribution in [2.75, 3.05) is 39.6 Å². The number of rotatable bonds is 0. The van der Waals surface area contributed by atoms with Crippen molar-refractivity contribution in [1.29, 1.82) is 0 Å². The second-order valence-electron chi connectivity index (χ2n) is 5.39. The quantitative estimate of drug-likeness (QED) is 0.679. The smallest absolute Gasteiger partial charge is 0.0837 e. The third kappa shape index (κ3) is 6.21. The molecule has 19 heavy (non-hydrogen) atoms. The van der Waals surface area contributed by atoms with Crippen molar-refractivity contribution in [3.05, 3.63) is 0 Å². The fourth-order valence-electron chi connectivity index (χ4n) is 2.74. The predicted molar refractivity (Wildman–Crippen MR) is 73.4 cm³/mol. The van der Waals surface area contributed by atoms with E-state index in [1.54, 1.807) is 0 Å². The van der Waals surface area contributed by atoms with Gasteiger partial charge in [0.25, 0.3) is 0 Å². The van der Waals surface area contributed by atoms with Crippen LogP contribution in [-0.2, 0) is 18.9 Å². The van der Waals surface area contributed by atoms with Crippen molar-refractivity contribution in [1.82, 2.24) is 0 Å². The monoisotopic (exact) mass is 272 g/mol. The average Bonchev–Trinajstić information content (AvgIpc) is 2.45. The minimum absolute atomic E-state index is 0.277. The van der Waals surface area contributed by atoms with Crippen LogP contribution >= 0.6 is 0 Å². The van der Waals surface area contributed by atoms with Crippen LogP contribution in [0.5, 0.6) is 0 Å². The van der Waals surface area contributed by atoms with Gasteiger partial charge < -0.3 is 18.9 Å². The lowest BCUT2D eigenvalue weighted by Crippen LogP contribution is -2.35. The van der Waals surface area contributed by atoms with Gasteiger partial charge in [0.05, 0.1) is 38.6 Å². The van der Waals surface area contributed by atoms with E-state index >= 15 is 0 Å². The van der Waals surface area contributed by atoms with E-state index in [9.17, 15) is 0 Å². The first kappa shape index (κ1) is 15.2. The topological polar surface area (TPSA) is 36.9 Å². The first-order chi connectivity index (χ1) is 9.47. The largest absolute Gasteiger partial charge is 0.379 e. The average molecular weight is 272 g/mol. The maximum Gasteiger partial charge on any atom is 0.0837 e. The van der Waals surface area contributed by atoms with Gasteiger partial charge in [0.15, 0.2) is 0 Å². The molecule has 1 saturated heterocycles. The maximum atomic E-state index is 6.02. The van der Waals surface area contributed by atoms with Crippen LogP contribution in [0.3, 0.4) is 0 Å². The molecule has 1 heterocycles. The lowest BCUT2D eigenvalue weighted by Gasteiger charge is -2.31. The summed E-state index contributed by atoms with van der Waals surface area (Å²) in [6, 6.07) is 0. The van der Waals surface area contributed by atoms with Gasteiger partial charge in [-0.1, -0.05) is 12.8 Å². The Labute approximate surface area is 116 Å². The third-order valence-corrected chi connectivity index (χ3v) is 3.84. The van der Waals surface area contributed by atoms with E-state index in [0.717, 1.165) is 38.9 Å². The Morgan fingerprint density at radius 3 is 1.84 bits per heavy atom. The first-order valence-electron chi connectivity index (χ1n) is 7.85. The molecule has 1 aliphatic heterocycles. The van der Waals surface area contributed by atoms with Crippen LogP contribution in [0.25, 0.3) is 0 Å². The van der Waals surface area contributed by atoms with E-state index in [1.807, 2.05) is 0 Å². The zero-order valence-electron chi connectivity index (χ0n) is 12.0. The lowest BCUT2D eigenvalue weighted by atomic mass is 9.94. The summed E-state index contributed by atoms with van der Waals surface area (Å²) in [7, 11) is 0. The van der Waals surface area contributed by atoms with Gasteiger partial charge in [-0.15, -0.1) is 0 Å². The number of hydrogen-bond donors (Lipinski definition) is 0. The van der Waals surface area contributed by atoms with Gasteiger partial charge in [0.2, 0.25) is 0 Å². The Balaban J connectivity index is 1.74. The molecule has 2 unspecified atom stereocenters. The van der Waals surface area contributed by atoms with Crippen LogP contribution < -0.4 is 0 Å². The predicted octanol–water partition coefficient (Wildman–Crippen LogP) is 2.55. The highest BCUT2D eigenvalue weighted by Gasteiger charge is 2.26. The molecule has 2 aliphatic rings. The molecule has 2 atom stereocenters. The Bertz CT molecular complexity index is 200. The second-order valence-corrected chi connectivity index (χ2v) is 5.39. The maximum absolute atomic E-state index is 6.02. The summed E-state index contributed by atoms with van der Waals surface area (Å²) in [4.78, 5) is 0. The van der Waals surface area contributed by atoms with Crippen LogP contribution in [0.4, 0.5) is 0 Å². The summed E-state index contributed by atoms with van der Waals surface area (Å²) in [5.74, 6) is 0. The fourth-order valence-corrected chi connectivity index (χ4v) is 2.74. The fraction of sp³-hybridized carbons (Fsp3) is 1.00. The van der Waals surface area contributed by atoms with Crippen LogP contribution in [0.1, 0.15) is 44.9 Å². The Kier molecular flexibility index (Phi) is 7.78. The van der Waals surface area contributed by atoms with Gasteiger partial charge in [-0.2, -0.15) is 0 Å². The molecular formula is C15H28O4. The van der Waals surface area contributed by atoms with Crippen molar-refractivity contribution < 1.29 is 18.9 Å². The summed E-state index contributed by atoms with van der Waals surface area (Å²) in [6.45, 7) is 4.40. The lowest BCUT2D eigenvalue weighted by molar-refractivity contribution is -0.102. The highest BCUT2D eigenvalue weighted by molar-refractivity contribution is 4.76. The first-order valence-corrected chi connectivity index (χ1v) is 7.85. The van der Waals surface area contributed by atoms with Gasteiger partial charge in [0, 0.05) is 13.2 Å². The van der Waals surface area contributed by atoms with E-state index in [1.165, 1.54) is 19.3 Å². The second kappa shape index (κ2) is 9.70. The van der Waals surface area contributed by atoms with Crippen LogP contribution in [0.2, 0.25) is 0 Å². The minimum Gasteiger partial charge on any atom is -0.379 e. The molecule has 0 aromatic heterocycles. The molecular weight excluding hydrogens is 244 g/mol. The molecule has 4 heteroatoms. The van der Waals surface area contributed by atoms with Gasteiger partial charge in [0.1, 0.15) is 0 Å². The van der Waals surface area contributed by atoms with Crippen molar-refractivity contribution in [2.45, 2.75) is 57.2 Å². The third-order valence-electron chi connectivity index (χ3n) is 3.84. The van der Waals surface area contributed by atoms with Gasteiger partial charge in [-0.3, -0.25) is 0 Å². The normalized spacial score (nSPS) is 32.8. The Morgan fingerprint density at radius 1 is 0.474 bits per heavy atom. The van der Waals surface area contributed by atoms with Crippen molar-refractivity contribution in [3.8, 4) is 0 Å². The zero-order chi connectivity index (χ0) is 13.2. The van der Waals surface area contributed by atoms with E-state index in [-0.39, 0.29) is 6.10 Å². The standard InChI is InChI=1S/C15H28O4/c1-4-8-16-10-11-17-12-13-19-15-7-3-2-6-14(15)18-9-5-1/h14-15H,1-13H2. The summed E-state index contributed by atoms with van der Waals surface area (Å²) < 4.78 is 22.9. The van der Waals surface area contributed by atoms with E-state index in [0.29, 0.717) is 32.5 Å². The van der Waals surface area contributed by atoms with Crippen molar-refractivity contribution in [3.63, 3.8) is 0 Å². The Morgan fingerprint density at radius 2 is 1.05 bits per heavy atom. The summed E-state index contributed by atoms with van der Waals surface area (Å²) in [5.41, 5.74) is 0. The molecule has 0 radical (unpaired) electrons. The molecule has 2 rings (SSSR count). The van der Waals surface area contributed by atoms with Crippen LogP contribution in [0.15, 0.2) is 0 Å². The molecule has 0 spiro atoms. The summed E-state index contributed by atoms with van der Waals surface area (Å²) >= 11 is 0. The van der Waals surface area contributed by atoms with Gasteiger partial charge in [-0.25, -0.2) is 0 Å². The molecule has 0 aromatic rings. The van der Waals surface area contributed by atoms with Crippen molar-refractivity contribution >= 4 is 0 Å². The van der Waals surface area contributed by atoms with Gasteiger partial charge in [-0.05, 0) is 32.1 Å². The van der Waals surface area contributed by atoms with E-state index < -0.39 is 0 Å². The molecule has 0 amide bonds. The molecule has 4 nitrogen and oxygen atoms in total. The highest BCUT2D eigenvalue weighted by atomic mass is 16.6. The van der Waals surface area contributed by atoms with Gasteiger partial charge >= 0.3 is 0 Å².